The summed E-state index contributed by atoms with van der Waals surface area (Å²) in [5.41, 5.74) is 4.39. The lowest BCUT2D eigenvalue weighted by Gasteiger charge is -2.26. The molecule has 5 heteroatoms. The number of nitrogens with zero attached hydrogens (tertiary/aromatic N) is 2. The highest BCUT2D eigenvalue weighted by atomic mass is 16.6. The fraction of sp³-hybridized carbons (Fsp3) is 0.400. The molecule has 1 amide bonds. The van der Waals surface area contributed by atoms with Crippen LogP contribution >= 0.6 is 0 Å². The Kier molecular flexibility index (Phi) is 5.46. The van der Waals surface area contributed by atoms with E-state index in [2.05, 4.69) is 35.9 Å². The van der Waals surface area contributed by atoms with E-state index < -0.39 is 5.60 Å². The monoisotopic (exact) mass is 406 g/mol. The SMILES string of the molecule is Cn1c2c(c3c(OCc4ccccc4)cccc31)CCN(C(=O)OC(C)(C)C)CC2. The molecular weight excluding hydrogens is 376 g/mol. The van der Waals surface area contributed by atoms with Gasteiger partial charge in [-0.2, -0.15) is 0 Å². The Morgan fingerprint density at radius 2 is 1.73 bits per heavy atom. The number of hydrogen-bond acceptors (Lipinski definition) is 3. The van der Waals surface area contributed by atoms with Crippen LogP contribution in [0.4, 0.5) is 4.79 Å². The molecule has 3 aromatic rings. The van der Waals surface area contributed by atoms with Gasteiger partial charge in [0, 0.05) is 37.6 Å². The van der Waals surface area contributed by atoms with Gasteiger partial charge >= 0.3 is 6.09 Å². The van der Waals surface area contributed by atoms with Crippen molar-refractivity contribution in [3.63, 3.8) is 0 Å². The standard InChI is InChI=1S/C25H30N2O3/c1-25(2,3)30-24(28)27-15-13-19-20(14-16-27)26(4)21-11-8-12-22(23(19)21)29-17-18-9-6-5-7-10-18/h5-12H,13-17H2,1-4H3. The molecule has 0 saturated heterocycles. The Hall–Kier alpha value is -2.95. The normalized spacial score (nSPS) is 14.3. The molecule has 1 aromatic heterocycles. The Balaban J connectivity index is 1.61. The maximum Gasteiger partial charge on any atom is 0.410 e. The van der Waals surface area contributed by atoms with Crippen LogP contribution in [0.1, 0.15) is 37.6 Å². The van der Waals surface area contributed by atoms with Crippen LogP contribution in [0.15, 0.2) is 48.5 Å². The van der Waals surface area contributed by atoms with Crippen molar-refractivity contribution in [3.05, 3.63) is 65.4 Å². The molecule has 158 valence electrons. The van der Waals surface area contributed by atoms with Gasteiger partial charge in [-0.05, 0) is 50.5 Å². The van der Waals surface area contributed by atoms with E-state index in [1.807, 2.05) is 49.9 Å². The third kappa shape index (κ3) is 4.16. The highest BCUT2D eigenvalue weighted by molar-refractivity contribution is 5.91. The van der Waals surface area contributed by atoms with Crippen LogP contribution in [0.5, 0.6) is 5.75 Å². The highest BCUT2D eigenvalue weighted by Crippen LogP contribution is 2.35. The molecule has 0 bridgehead atoms. The topological polar surface area (TPSA) is 43.7 Å². The van der Waals surface area contributed by atoms with Crippen molar-refractivity contribution in [3.8, 4) is 5.75 Å². The molecule has 0 unspecified atom stereocenters. The summed E-state index contributed by atoms with van der Waals surface area (Å²) in [4.78, 5) is 14.4. The number of carbonyl (C=O) groups excluding carboxylic acids is 1. The summed E-state index contributed by atoms with van der Waals surface area (Å²) < 4.78 is 14.1. The van der Waals surface area contributed by atoms with E-state index in [9.17, 15) is 4.79 Å². The maximum atomic E-state index is 12.6. The van der Waals surface area contributed by atoms with E-state index in [0.29, 0.717) is 19.7 Å². The predicted molar refractivity (Wildman–Crippen MR) is 119 cm³/mol. The van der Waals surface area contributed by atoms with Gasteiger partial charge in [0.2, 0.25) is 0 Å². The van der Waals surface area contributed by atoms with Crippen molar-refractivity contribution in [2.24, 2.45) is 7.05 Å². The van der Waals surface area contributed by atoms with E-state index in [0.717, 1.165) is 29.5 Å². The van der Waals surface area contributed by atoms with E-state index >= 15 is 0 Å². The first-order valence-corrected chi connectivity index (χ1v) is 10.6. The molecule has 2 aromatic carbocycles. The molecule has 0 N–H and O–H groups in total. The Morgan fingerprint density at radius 3 is 2.47 bits per heavy atom. The van der Waals surface area contributed by atoms with E-state index in [4.69, 9.17) is 9.47 Å². The summed E-state index contributed by atoms with van der Waals surface area (Å²) in [6, 6.07) is 16.5. The van der Waals surface area contributed by atoms with Crippen LogP contribution in [-0.2, 0) is 31.2 Å². The molecule has 0 radical (unpaired) electrons. The van der Waals surface area contributed by atoms with E-state index in [-0.39, 0.29) is 6.09 Å². The van der Waals surface area contributed by atoms with Gasteiger partial charge in [-0.1, -0.05) is 36.4 Å². The highest BCUT2D eigenvalue weighted by Gasteiger charge is 2.27. The van der Waals surface area contributed by atoms with Crippen molar-refractivity contribution in [2.75, 3.05) is 13.1 Å². The van der Waals surface area contributed by atoms with Crippen molar-refractivity contribution >= 4 is 17.0 Å². The zero-order chi connectivity index (χ0) is 21.3. The Morgan fingerprint density at radius 1 is 1.00 bits per heavy atom. The lowest BCUT2D eigenvalue weighted by atomic mass is 10.1. The maximum absolute atomic E-state index is 12.6. The zero-order valence-electron chi connectivity index (χ0n) is 18.3. The first kappa shape index (κ1) is 20.3. The van der Waals surface area contributed by atoms with Gasteiger partial charge < -0.3 is 18.9 Å². The van der Waals surface area contributed by atoms with Crippen LogP contribution in [0.2, 0.25) is 0 Å². The molecule has 0 fully saturated rings. The number of ether oxygens (including phenoxy) is 2. The quantitative estimate of drug-likeness (QED) is 0.608. The second-order valence-electron chi connectivity index (χ2n) is 8.88. The molecule has 0 aliphatic carbocycles. The van der Waals surface area contributed by atoms with Gasteiger partial charge in [-0.25, -0.2) is 4.79 Å². The van der Waals surface area contributed by atoms with Crippen LogP contribution < -0.4 is 4.74 Å². The van der Waals surface area contributed by atoms with Crippen molar-refractivity contribution in [2.45, 2.75) is 45.8 Å². The summed E-state index contributed by atoms with van der Waals surface area (Å²) >= 11 is 0. The lowest BCUT2D eigenvalue weighted by molar-refractivity contribution is 0.0258. The molecular formula is C25H30N2O3. The molecule has 0 saturated carbocycles. The number of benzene rings is 2. The van der Waals surface area contributed by atoms with Gasteiger partial charge in [0.05, 0.1) is 5.52 Å². The second-order valence-corrected chi connectivity index (χ2v) is 8.88. The summed E-state index contributed by atoms with van der Waals surface area (Å²) in [6.07, 6.45) is 1.36. The summed E-state index contributed by atoms with van der Waals surface area (Å²) in [6.45, 7) is 7.55. The van der Waals surface area contributed by atoms with E-state index in [1.54, 1.807) is 0 Å². The molecule has 2 heterocycles. The van der Waals surface area contributed by atoms with Crippen molar-refractivity contribution in [1.29, 1.82) is 0 Å². The van der Waals surface area contributed by atoms with Crippen molar-refractivity contribution < 1.29 is 14.3 Å². The molecule has 30 heavy (non-hydrogen) atoms. The number of aromatic nitrogens is 1. The van der Waals surface area contributed by atoms with Crippen LogP contribution in [0.3, 0.4) is 0 Å². The number of aryl methyl sites for hydroxylation is 1. The minimum atomic E-state index is -0.485. The summed E-state index contributed by atoms with van der Waals surface area (Å²) in [5.74, 6) is 0.902. The molecule has 1 aliphatic heterocycles. The fourth-order valence-corrected chi connectivity index (χ4v) is 4.15. The lowest BCUT2D eigenvalue weighted by Crippen LogP contribution is -2.38. The number of rotatable bonds is 3. The van der Waals surface area contributed by atoms with Gasteiger partial charge in [0.15, 0.2) is 0 Å². The van der Waals surface area contributed by atoms with Gasteiger partial charge in [-0.3, -0.25) is 0 Å². The average Bonchev–Trinajstić information content (AvgIpc) is 2.86. The number of hydrogen-bond donors (Lipinski definition) is 0. The second kappa shape index (κ2) is 8.05. The zero-order valence-corrected chi connectivity index (χ0v) is 18.3. The first-order chi connectivity index (χ1) is 14.3. The minimum absolute atomic E-state index is 0.236. The predicted octanol–water partition coefficient (Wildman–Crippen LogP) is 5.09. The number of fused-ring (bicyclic) bond motifs is 3. The minimum Gasteiger partial charge on any atom is -0.488 e. The molecule has 0 spiro atoms. The molecule has 1 aliphatic rings. The fourth-order valence-electron chi connectivity index (χ4n) is 4.15. The van der Waals surface area contributed by atoms with Crippen LogP contribution in [-0.4, -0.2) is 34.3 Å². The summed E-state index contributed by atoms with van der Waals surface area (Å²) in [7, 11) is 2.10. The third-order valence-corrected chi connectivity index (χ3v) is 5.56. The van der Waals surface area contributed by atoms with Gasteiger partial charge in [0.1, 0.15) is 18.0 Å². The third-order valence-electron chi connectivity index (χ3n) is 5.56. The molecule has 4 rings (SSSR count). The van der Waals surface area contributed by atoms with Crippen LogP contribution in [0, 0.1) is 0 Å². The Bertz CT molecular complexity index is 1050. The molecule has 0 atom stereocenters. The number of carbonyl (C=O) groups is 1. The van der Waals surface area contributed by atoms with Gasteiger partial charge in [-0.15, -0.1) is 0 Å². The van der Waals surface area contributed by atoms with Crippen LogP contribution in [0.25, 0.3) is 10.9 Å². The summed E-state index contributed by atoms with van der Waals surface area (Å²) in [5, 5.41) is 1.16. The molecule has 5 nitrogen and oxygen atoms in total. The Labute approximate surface area is 178 Å². The van der Waals surface area contributed by atoms with Gasteiger partial charge in [0.25, 0.3) is 0 Å². The number of amides is 1. The first-order valence-electron chi connectivity index (χ1n) is 10.6. The average molecular weight is 407 g/mol. The van der Waals surface area contributed by atoms with Crippen molar-refractivity contribution in [1.82, 2.24) is 9.47 Å². The largest absolute Gasteiger partial charge is 0.488 e. The van der Waals surface area contributed by atoms with E-state index in [1.165, 1.54) is 16.8 Å². The smallest absolute Gasteiger partial charge is 0.410 e.